The fraction of sp³-hybridized carbons (Fsp3) is 0.345. The van der Waals surface area contributed by atoms with Crippen LogP contribution in [0.15, 0.2) is 65.6 Å². The molecular weight excluding hydrogens is 578 g/mol. The molecule has 0 unspecified atom stereocenters. The van der Waals surface area contributed by atoms with E-state index in [2.05, 4.69) is 15.3 Å². The summed E-state index contributed by atoms with van der Waals surface area (Å²) < 4.78 is 43.3. The quantitative estimate of drug-likeness (QED) is 0.140. The Balaban J connectivity index is 1.73. The van der Waals surface area contributed by atoms with Crippen molar-refractivity contribution in [1.82, 2.24) is 15.3 Å². The van der Waals surface area contributed by atoms with Crippen LogP contribution in [0.2, 0.25) is 0 Å². The minimum atomic E-state index is -4.30. The predicted octanol–water partition coefficient (Wildman–Crippen LogP) is 3.05. The lowest BCUT2D eigenvalue weighted by molar-refractivity contribution is -0.159. The molecule has 0 saturated carbocycles. The van der Waals surface area contributed by atoms with E-state index in [9.17, 15) is 22.8 Å². The Kier molecular flexibility index (Phi) is 10.6. The van der Waals surface area contributed by atoms with Gasteiger partial charge in [0.05, 0.1) is 4.90 Å². The molecule has 13 nitrogen and oxygen atoms in total. The number of rotatable bonds is 11. The Morgan fingerprint density at radius 1 is 0.953 bits per heavy atom. The maximum atomic E-state index is 13.5. The van der Waals surface area contributed by atoms with E-state index in [1.165, 1.54) is 24.3 Å². The van der Waals surface area contributed by atoms with Gasteiger partial charge in [-0.25, -0.2) is 32.8 Å². The summed E-state index contributed by atoms with van der Waals surface area (Å²) in [7, 11) is -4.30. The molecule has 14 heteroatoms. The largest absolute Gasteiger partial charge is 0.452 e. The van der Waals surface area contributed by atoms with Gasteiger partial charge in [-0.1, -0.05) is 30.3 Å². The van der Waals surface area contributed by atoms with Crippen LogP contribution in [0.4, 0.5) is 16.4 Å². The molecule has 0 fully saturated rings. The van der Waals surface area contributed by atoms with Gasteiger partial charge in [0.2, 0.25) is 5.95 Å². The summed E-state index contributed by atoms with van der Waals surface area (Å²) in [4.78, 5) is 46.2. The molecule has 1 aromatic heterocycles. The van der Waals surface area contributed by atoms with Crippen LogP contribution in [0.3, 0.4) is 0 Å². The van der Waals surface area contributed by atoms with Crippen LogP contribution in [0.25, 0.3) is 0 Å². The first-order valence-corrected chi connectivity index (χ1v) is 14.6. The van der Waals surface area contributed by atoms with Gasteiger partial charge in [-0.2, -0.15) is 4.31 Å². The summed E-state index contributed by atoms with van der Waals surface area (Å²) in [5.41, 5.74) is 6.94. The number of alkyl carbamates (subject to hydrolysis) is 1. The van der Waals surface area contributed by atoms with Crippen molar-refractivity contribution in [2.75, 3.05) is 23.4 Å². The number of carbonyl (C=O) groups excluding carboxylic acids is 3. The molecule has 3 aromatic rings. The van der Waals surface area contributed by atoms with E-state index in [0.717, 1.165) is 9.87 Å². The fourth-order valence-electron chi connectivity index (χ4n) is 3.72. The van der Waals surface area contributed by atoms with Gasteiger partial charge in [0, 0.05) is 23.5 Å². The molecule has 3 rings (SSSR count). The molecule has 1 atom stereocenters. The maximum absolute atomic E-state index is 13.5. The summed E-state index contributed by atoms with van der Waals surface area (Å²) in [6.07, 6.45) is -0.782. The van der Waals surface area contributed by atoms with Gasteiger partial charge in [-0.3, -0.25) is 0 Å². The summed E-state index contributed by atoms with van der Waals surface area (Å²) in [5.74, 6) is -2.19. The number of aromatic nitrogens is 2. The average molecular weight is 614 g/mol. The highest BCUT2D eigenvalue weighted by molar-refractivity contribution is 7.92. The van der Waals surface area contributed by atoms with E-state index in [1.807, 2.05) is 0 Å². The van der Waals surface area contributed by atoms with Crippen LogP contribution >= 0.6 is 0 Å². The second kappa shape index (κ2) is 14.0. The number of aryl methyl sites for hydroxylation is 2. The standard InChI is InChI=1S/C29H35N5O8S/c1-19-15-20(2)32-27(31-19)34(43(38,39)23-13-11-22(30)12-14-23)18-41-25(35)17-40-26(36)24(16-21-9-7-6-8-10-21)33-28(37)42-29(3,4)5/h6-15,24H,16-18,30H2,1-5H3,(H,33,37)/t24-/m0/s1. The van der Waals surface area contributed by atoms with E-state index < -0.39 is 53.0 Å². The van der Waals surface area contributed by atoms with Crippen LogP contribution in [0.1, 0.15) is 37.7 Å². The molecule has 0 aliphatic rings. The monoisotopic (exact) mass is 613 g/mol. The Labute approximate surface area is 250 Å². The fourth-order valence-corrected chi connectivity index (χ4v) is 4.94. The number of anilines is 2. The highest BCUT2D eigenvalue weighted by Gasteiger charge is 2.30. The second-order valence-electron chi connectivity index (χ2n) is 10.5. The van der Waals surface area contributed by atoms with Gasteiger partial charge in [-0.05, 0) is 70.5 Å². The lowest BCUT2D eigenvalue weighted by Gasteiger charge is -2.23. The zero-order valence-corrected chi connectivity index (χ0v) is 25.4. The van der Waals surface area contributed by atoms with Crippen molar-refractivity contribution < 1.29 is 37.0 Å². The van der Waals surface area contributed by atoms with Crippen molar-refractivity contribution in [3.63, 3.8) is 0 Å². The molecule has 0 aliphatic heterocycles. The molecule has 43 heavy (non-hydrogen) atoms. The topological polar surface area (TPSA) is 180 Å². The summed E-state index contributed by atoms with van der Waals surface area (Å²) in [6, 6.07) is 14.8. The van der Waals surface area contributed by atoms with Gasteiger partial charge < -0.3 is 25.3 Å². The highest BCUT2D eigenvalue weighted by Crippen LogP contribution is 2.22. The van der Waals surface area contributed by atoms with Crippen molar-refractivity contribution in [3.8, 4) is 0 Å². The Morgan fingerprint density at radius 3 is 2.14 bits per heavy atom. The first kappa shape index (κ1) is 32.8. The predicted molar refractivity (Wildman–Crippen MR) is 157 cm³/mol. The number of nitrogens with two attached hydrogens (primary N) is 1. The summed E-state index contributed by atoms with van der Waals surface area (Å²) in [6.45, 7) is 6.68. The second-order valence-corrected chi connectivity index (χ2v) is 12.4. The van der Waals surface area contributed by atoms with Crippen molar-refractivity contribution in [1.29, 1.82) is 0 Å². The first-order chi connectivity index (χ1) is 20.1. The van der Waals surface area contributed by atoms with E-state index in [1.54, 1.807) is 71.0 Å². The number of hydrogen-bond donors (Lipinski definition) is 2. The molecule has 230 valence electrons. The number of nitrogens with one attached hydrogen (secondary N) is 1. The number of nitrogens with zero attached hydrogens (tertiary/aromatic N) is 3. The third-order valence-corrected chi connectivity index (χ3v) is 7.31. The first-order valence-electron chi connectivity index (χ1n) is 13.2. The molecule has 1 amide bonds. The summed E-state index contributed by atoms with van der Waals surface area (Å²) >= 11 is 0. The van der Waals surface area contributed by atoms with Gasteiger partial charge in [0.25, 0.3) is 10.0 Å². The van der Waals surface area contributed by atoms with Gasteiger partial charge in [0.15, 0.2) is 13.3 Å². The number of carbonyl (C=O) groups is 3. The number of sulfonamides is 1. The number of ether oxygens (including phenoxy) is 3. The van der Waals surface area contributed by atoms with E-state index in [0.29, 0.717) is 17.1 Å². The lowest BCUT2D eigenvalue weighted by atomic mass is 10.1. The van der Waals surface area contributed by atoms with Crippen molar-refractivity contribution >= 4 is 39.7 Å². The van der Waals surface area contributed by atoms with Gasteiger partial charge in [-0.15, -0.1) is 0 Å². The zero-order chi connectivity index (χ0) is 31.8. The van der Waals surface area contributed by atoms with Crippen LogP contribution in [0.5, 0.6) is 0 Å². The minimum Gasteiger partial charge on any atom is -0.452 e. The van der Waals surface area contributed by atoms with E-state index in [-0.39, 0.29) is 17.3 Å². The molecular formula is C29H35N5O8S. The van der Waals surface area contributed by atoms with E-state index in [4.69, 9.17) is 19.9 Å². The third kappa shape index (κ3) is 9.95. The molecule has 0 saturated heterocycles. The maximum Gasteiger partial charge on any atom is 0.408 e. The van der Waals surface area contributed by atoms with Crippen molar-refractivity contribution in [3.05, 3.63) is 77.6 Å². The molecule has 3 N–H and O–H groups in total. The lowest BCUT2D eigenvalue weighted by Crippen LogP contribution is -2.46. The van der Waals surface area contributed by atoms with Gasteiger partial charge >= 0.3 is 18.0 Å². The normalized spacial score (nSPS) is 12.1. The molecule has 2 aromatic carbocycles. The Bertz CT molecular complexity index is 1520. The molecule has 0 bridgehead atoms. The van der Waals surface area contributed by atoms with Crippen LogP contribution in [-0.2, 0) is 40.2 Å². The van der Waals surface area contributed by atoms with Gasteiger partial charge in [0.1, 0.15) is 11.6 Å². The molecule has 1 heterocycles. The number of esters is 2. The Hall–Kier alpha value is -4.72. The summed E-state index contributed by atoms with van der Waals surface area (Å²) in [5, 5.41) is 2.47. The number of nitrogen functional groups attached to an aromatic ring is 1. The third-order valence-electron chi connectivity index (χ3n) is 5.59. The van der Waals surface area contributed by atoms with Crippen LogP contribution in [0, 0.1) is 13.8 Å². The number of hydrogen-bond acceptors (Lipinski definition) is 11. The smallest absolute Gasteiger partial charge is 0.408 e. The van der Waals surface area contributed by atoms with Crippen LogP contribution in [-0.4, -0.2) is 61.4 Å². The minimum absolute atomic E-state index is 0.0611. The number of benzene rings is 2. The van der Waals surface area contributed by atoms with E-state index >= 15 is 0 Å². The van der Waals surface area contributed by atoms with Crippen LogP contribution < -0.4 is 15.4 Å². The molecule has 0 radical (unpaired) electrons. The average Bonchev–Trinajstić information content (AvgIpc) is 2.90. The highest BCUT2D eigenvalue weighted by atomic mass is 32.2. The molecule has 0 spiro atoms. The van der Waals surface area contributed by atoms with Crippen molar-refractivity contribution in [2.24, 2.45) is 0 Å². The van der Waals surface area contributed by atoms with Crippen molar-refractivity contribution in [2.45, 2.75) is 57.6 Å². The number of amides is 1. The molecule has 0 aliphatic carbocycles. The Morgan fingerprint density at radius 2 is 1.56 bits per heavy atom. The SMILES string of the molecule is Cc1cc(C)nc(N(COC(=O)COC(=O)[C@H](Cc2ccccc2)NC(=O)OC(C)(C)C)S(=O)(=O)c2ccc(N)cc2)n1. The zero-order valence-electron chi connectivity index (χ0n) is 24.6.